The molecule has 96 valence electrons. The molecule has 0 amide bonds. The first-order valence-corrected chi connectivity index (χ1v) is 7.53. The van der Waals surface area contributed by atoms with Crippen molar-refractivity contribution in [3.05, 3.63) is 23.3 Å². The van der Waals surface area contributed by atoms with Crippen LogP contribution in [0.5, 0.6) is 0 Å². The van der Waals surface area contributed by atoms with Crippen LogP contribution in [-0.2, 0) is 9.59 Å². The Morgan fingerprint density at radius 1 is 0.895 bits per heavy atom. The Morgan fingerprint density at radius 3 is 1.74 bits per heavy atom. The molecule has 2 spiro atoms. The summed E-state index contributed by atoms with van der Waals surface area (Å²) in [6.45, 7) is 4.20. The Hall–Kier alpha value is -1.18. The van der Waals surface area contributed by atoms with Crippen molar-refractivity contribution in [2.24, 2.45) is 46.3 Å². The zero-order valence-corrected chi connectivity index (χ0v) is 11.1. The number of Topliss-reactive ketones (excluding diaryl/α,β-unsaturated/α-hetero) is 2. The zero-order valence-electron chi connectivity index (χ0n) is 11.1. The lowest BCUT2D eigenvalue weighted by atomic mass is 9.37. The minimum absolute atomic E-state index is 0.102. The second-order valence-electron chi connectivity index (χ2n) is 7.79. The fourth-order valence-corrected chi connectivity index (χ4v) is 7.60. The summed E-state index contributed by atoms with van der Waals surface area (Å²) >= 11 is 0. The van der Waals surface area contributed by atoms with E-state index in [0.29, 0.717) is 35.2 Å². The molecule has 0 radical (unpaired) electrons. The molecule has 6 aliphatic carbocycles. The first kappa shape index (κ1) is 9.68. The van der Waals surface area contributed by atoms with E-state index in [0.717, 1.165) is 6.42 Å². The molecule has 8 atom stereocenters. The lowest BCUT2D eigenvalue weighted by Gasteiger charge is -2.62. The van der Waals surface area contributed by atoms with E-state index in [1.807, 2.05) is 0 Å². The third kappa shape index (κ3) is 0.552. The Bertz CT molecular complexity index is 625. The summed E-state index contributed by atoms with van der Waals surface area (Å²) < 4.78 is 0. The lowest BCUT2D eigenvalue weighted by molar-refractivity contribution is -0.167. The number of rotatable bonds is 0. The standard InChI is InChI=1S/C17H16O2/c1-6-4-16-12-8-3-9-11(10(8)14(16)18)15(19)17(16,13(9)12)5-7(6)2/h4-5,8-13H,3H2,1-2H3. The molecule has 0 saturated heterocycles. The van der Waals surface area contributed by atoms with Crippen LogP contribution < -0.4 is 0 Å². The average molecular weight is 252 g/mol. The molecule has 2 nitrogen and oxygen atoms in total. The van der Waals surface area contributed by atoms with Gasteiger partial charge in [-0.25, -0.2) is 0 Å². The fraction of sp³-hybridized carbons (Fsp3) is 0.647. The Kier molecular flexibility index (Phi) is 1.12. The highest BCUT2D eigenvalue weighted by Gasteiger charge is 2.95. The molecule has 6 aliphatic rings. The average Bonchev–Trinajstić information content (AvgIpc) is 2.93. The maximum Gasteiger partial charge on any atom is 0.148 e. The normalized spacial score (nSPS) is 65.4. The molecule has 19 heavy (non-hydrogen) atoms. The van der Waals surface area contributed by atoms with Gasteiger partial charge < -0.3 is 0 Å². The van der Waals surface area contributed by atoms with Gasteiger partial charge in [-0.05, 0) is 43.9 Å². The maximum atomic E-state index is 13.0. The maximum absolute atomic E-state index is 13.0. The van der Waals surface area contributed by atoms with E-state index in [4.69, 9.17) is 0 Å². The second kappa shape index (κ2) is 2.19. The molecular formula is C17H16O2. The summed E-state index contributed by atoms with van der Waals surface area (Å²) in [7, 11) is 0. The zero-order chi connectivity index (χ0) is 12.9. The van der Waals surface area contributed by atoms with E-state index in [1.165, 1.54) is 11.1 Å². The monoisotopic (exact) mass is 252 g/mol. The van der Waals surface area contributed by atoms with Crippen LogP contribution in [0.25, 0.3) is 0 Å². The van der Waals surface area contributed by atoms with Crippen molar-refractivity contribution in [3.8, 4) is 0 Å². The largest absolute Gasteiger partial charge is 0.298 e. The van der Waals surface area contributed by atoms with Crippen molar-refractivity contribution in [2.75, 3.05) is 0 Å². The minimum atomic E-state index is -0.393. The van der Waals surface area contributed by atoms with Crippen molar-refractivity contribution >= 4 is 11.6 Å². The van der Waals surface area contributed by atoms with Gasteiger partial charge in [0.05, 0.1) is 10.8 Å². The van der Waals surface area contributed by atoms with E-state index >= 15 is 0 Å². The van der Waals surface area contributed by atoms with Gasteiger partial charge in [0.2, 0.25) is 0 Å². The summed E-state index contributed by atoms with van der Waals surface area (Å²) in [5.41, 5.74) is 1.65. The van der Waals surface area contributed by atoms with Crippen molar-refractivity contribution in [3.63, 3.8) is 0 Å². The highest BCUT2D eigenvalue weighted by Crippen LogP contribution is 2.91. The molecule has 0 heterocycles. The number of ketones is 2. The summed E-state index contributed by atoms with van der Waals surface area (Å²) in [6, 6.07) is 0. The Morgan fingerprint density at radius 2 is 1.32 bits per heavy atom. The SMILES string of the molecule is CC1=CC23C(=O)C4C5CC6C4C(=O)C2(C=C1C)C6C53. The van der Waals surface area contributed by atoms with Crippen molar-refractivity contribution in [2.45, 2.75) is 20.3 Å². The van der Waals surface area contributed by atoms with E-state index in [2.05, 4.69) is 26.0 Å². The highest BCUT2D eigenvalue weighted by molar-refractivity contribution is 6.14. The molecule has 8 unspecified atom stereocenters. The Labute approximate surface area is 111 Å². The summed E-state index contributed by atoms with van der Waals surface area (Å²) in [6.07, 6.45) is 5.58. The third-order valence-corrected chi connectivity index (χ3v) is 7.83. The van der Waals surface area contributed by atoms with E-state index in [1.54, 1.807) is 0 Å². The van der Waals surface area contributed by atoms with Crippen LogP contribution in [0.15, 0.2) is 23.3 Å². The molecule has 0 aromatic carbocycles. The molecule has 0 aliphatic heterocycles. The number of carbonyl (C=O) groups excluding carboxylic acids is 2. The first-order chi connectivity index (χ1) is 9.05. The predicted molar refractivity (Wildman–Crippen MR) is 68.0 cm³/mol. The van der Waals surface area contributed by atoms with E-state index < -0.39 is 10.8 Å². The molecule has 2 heteroatoms. The molecule has 5 fully saturated rings. The number of fused-ring (bicyclic) bond motifs is 1. The van der Waals surface area contributed by atoms with E-state index in [9.17, 15) is 9.59 Å². The Balaban J connectivity index is 1.78. The summed E-state index contributed by atoms with van der Waals surface area (Å²) in [4.78, 5) is 26.1. The molecule has 0 aromatic rings. The van der Waals surface area contributed by atoms with Crippen LogP contribution in [0.2, 0.25) is 0 Å². The summed E-state index contributed by atoms with van der Waals surface area (Å²) in [5.74, 6) is 3.19. The molecule has 2 bridgehead atoms. The summed E-state index contributed by atoms with van der Waals surface area (Å²) in [5, 5.41) is 0. The number of hydrogen-bond donors (Lipinski definition) is 0. The van der Waals surface area contributed by atoms with Gasteiger partial charge in [-0.15, -0.1) is 0 Å². The fourth-order valence-electron chi connectivity index (χ4n) is 7.60. The third-order valence-electron chi connectivity index (χ3n) is 7.83. The van der Waals surface area contributed by atoms with Gasteiger partial charge >= 0.3 is 0 Å². The van der Waals surface area contributed by atoms with Crippen molar-refractivity contribution in [1.82, 2.24) is 0 Å². The van der Waals surface area contributed by atoms with Gasteiger partial charge in [0.1, 0.15) is 11.6 Å². The molecule has 5 saturated carbocycles. The quantitative estimate of drug-likeness (QED) is 0.662. The van der Waals surface area contributed by atoms with Crippen LogP contribution in [0.1, 0.15) is 20.3 Å². The predicted octanol–water partition coefficient (Wildman–Crippen LogP) is 2.16. The smallest absolute Gasteiger partial charge is 0.148 e. The van der Waals surface area contributed by atoms with Gasteiger partial charge in [-0.2, -0.15) is 0 Å². The molecular weight excluding hydrogens is 236 g/mol. The van der Waals surface area contributed by atoms with Crippen LogP contribution in [0.3, 0.4) is 0 Å². The first-order valence-electron chi connectivity index (χ1n) is 7.53. The molecule has 0 aromatic heterocycles. The number of allylic oxidation sites excluding steroid dienone is 4. The van der Waals surface area contributed by atoms with Gasteiger partial charge in [0, 0.05) is 11.8 Å². The molecule has 6 rings (SSSR count). The number of carbonyl (C=O) groups is 2. The van der Waals surface area contributed by atoms with Gasteiger partial charge in [0.25, 0.3) is 0 Å². The van der Waals surface area contributed by atoms with Gasteiger partial charge in [-0.3, -0.25) is 9.59 Å². The second-order valence-corrected chi connectivity index (χ2v) is 7.79. The molecule has 0 N–H and O–H groups in total. The van der Waals surface area contributed by atoms with Gasteiger partial charge in [0.15, 0.2) is 0 Å². The van der Waals surface area contributed by atoms with E-state index in [-0.39, 0.29) is 11.8 Å². The van der Waals surface area contributed by atoms with Crippen LogP contribution in [0, 0.1) is 46.3 Å². The van der Waals surface area contributed by atoms with Crippen LogP contribution >= 0.6 is 0 Å². The van der Waals surface area contributed by atoms with Gasteiger partial charge in [-0.1, -0.05) is 23.3 Å². The van der Waals surface area contributed by atoms with Crippen molar-refractivity contribution < 1.29 is 9.59 Å². The topological polar surface area (TPSA) is 34.1 Å². The lowest BCUT2D eigenvalue weighted by Crippen LogP contribution is -2.67. The van der Waals surface area contributed by atoms with Crippen LogP contribution in [-0.4, -0.2) is 11.6 Å². The van der Waals surface area contributed by atoms with Crippen LogP contribution in [0.4, 0.5) is 0 Å². The van der Waals surface area contributed by atoms with Crippen molar-refractivity contribution in [1.29, 1.82) is 0 Å². The number of hydrogen-bond acceptors (Lipinski definition) is 2. The highest BCUT2D eigenvalue weighted by atomic mass is 16.2. The minimum Gasteiger partial charge on any atom is -0.298 e.